The molecule has 0 aliphatic rings. The van der Waals surface area contributed by atoms with Gasteiger partial charge in [0.25, 0.3) is 0 Å². The highest BCUT2D eigenvalue weighted by Crippen LogP contribution is 2.29. The molecule has 1 rings (SSSR count). The summed E-state index contributed by atoms with van der Waals surface area (Å²) in [7, 11) is -1.99. The van der Waals surface area contributed by atoms with Gasteiger partial charge in [-0.25, -0.2) is 4.39 Å². The molecule has 0 atom stereocenters. The van der Waals surface area contributed by atoms with E-state index >= 15 is 0 Å². The molecule has 6 heteroatoms. The Hall–Kier alpha value is -1.27. The summed E-state index contributed by atoms with van der Waals surface area (Å²) in [6.45, 7) is 1.95. The smallest absolute Gasteiger partial charge is 0.509 e. The Balaban J connectivity index is 2.95. The van der Waals surface area contributed by atoms with Crippen LogP contribution in [0.15, 0.2) is 18.2 Å². The van der Waals surface area contributed by atoms with E-state index in [9.17, 15) is 4.39 Å². The first-order chi connectivity index (χ1) is 6.65. The Labute approximate surface area is 81.1 Å². The summed E-state index contributed by atoms with van der Waals surface area (Å²) in [5.74, 6) is -0.769. The van der Waals surface area contributed by atoms with Crippen molar-refractivity contribution < 1.29 is 23.8 Å². The molecule has 14 heavy (non-hydrogen) atoms. The van der Waals surface area contributed by atoms with E-state index < -0.39 is 13.1 Å². The van der Waals surface area contributed by atoms with Crippen molar-refractivity contribution in [2.75, 3.05) is 6.61 Å². The van der Waals surface area contributed by atoms with Gasteiger partial charge in [0.1, 0.15) is 5.75 Å². The van der Waals surface area contributed by atoms with Crippen molar-refractivity contribution in [2.45, 2.75) is 6.92 Å². The van der Waals surface area contributed by atoms with Crippen molar-refractivity contribution in [1.29, 1.82) is 0 Å². The topological polar surface area (TPSA) is 58.9 Å². The predicted molar refractivity (Wildman–Crippen MR) is 48.4 cm³/mol. The van der Waals surface area contributed by atoms with Crippen LogP contribution in [0.1, 0.15) is 6.92 Å². The van der Waals surface area contributed by atoms with E-state index in [4.69, 9.17) is 14.8 Å². The minimum Gasteiger partial charge on any atom is -0.509 e. The van der Waals surface area contributed by atoms with Gasteiger partial charge in [-0.3, -0.25) is 0 Å². The van der Waals surface area contributed by atoms with Crippen molar-refractivity contribution in [3.05, 3.63) is 24.0 Å². The van der Waals surface area contributed by atoms with Crippen molar-refractivity contribution in [1.82, 2.24) is 0 Å². The lowest BCUT2D eigenvalue weighted by Crippen LogP contribution is -2.21. The largest absolute Gasteiger partial charge is 0.707 e. The molecule has 0 unspecified atom stereocenters. The molecule has 4 nitrogen and oxygen atoms in total. The van der Waals surface area contributed by atoms with Gasteiger partial charge in [-0.1, -0.05) is 6.07 Å². The highest BCUT2D eigenvalue weighted by atomic mass is 19.1. The predicted octanol–water partition coefficient (Wildman–Crippen LogP) is 0.573. The van der Waals surface area contributed by atoms with Crippen LogP contribution in [0.4, 0.5) is 4.39 Å². The zero-order valence-electron chi connectivity index (χ0n) is 7.61. The van der Waals surface area contributed by atoms with Crippen LogP contribution in [0, 0.1) is 5.82 Å². The van der Waals surface area contributed by atoms with Crippen molar-refractivity contribution in [3.8, 4) is 11.5 Å². The van der Waals surface area contributed by atoms with Gasteiger partial charge < -0.3 is 19.4 Å². The van der Waals surface area contributed by atoms with Crippen LogP contribution in [-0.2, 0) is 0 Å². The van der Waals surface area contributed by atoms with Gasteiger partial charge in [0.05, 0.1) is 6.61 Å². The molecule has 0 bridgehead atoms. The van der Waals surface area contributed by atoms with Gasteiger partial charge in [0.2, 0.25) is 0 Å². The monoisotopic (exact) mass is 200 g/mol. The highest BCUT2D eigenvalue weighted by Gasteiger charge is 2.17. The first-order valence-corrected chi connectivity index (χ1v) is 4.09. The number of hydrogen-bond donors (Lipinski definition) is 2. The Morgan fingerprint density at radius 2 is 2.14 bits per heavy atom. The minimum absolute atomic E-state index is 0.0400. The zero-order chi connectivity index (χ0) is 10.6. The number of benzene rings is 1. The fourth-order valence-electron chi connectivity index (χ4n) is 0.980. The first-order valence-electron chi connectivity index (χ1n) is 4.09. The Morgan fingerprint density at radius 1 is 1.43 bits per heavy atom. The fourth-order valence-corrected chi connectivity index (χ4v) is 0.980. The van der Waals surface area contributed by atoms with Gasteiger partial charge in [-0.2, -0.15) is 0 Å². The molecule has 0 saturated carbocycles. The summed E-state index contributed by atoms with van der Waals surface area (Å²) >= 11 is 0. The molecule has 1 aromatic rings. The van der Waals surface area contributed by atoms with Crippen LogP contribution in [-0.4, -0.2) is 24.0 Å². The van der Waals surface area contributed by atoms with Gasteiger partial charge in [0.15, 0.2) is 11.6 Å². The summed E-state index contributed by atoms with van der Waals surface area (Å²) < 4.78 is 22.6. The molecule has 2 N–H and O–H groups in total. The Morgan fingerprint density at radius 3 is 2.71 bits per heavy atom. The number of halogens is 1. The lowest BCUT2D eigenvalue weighted by molar-refractivity contribution is 0.266. The lowest BCUT2D eigenvalue weighted by Gasteiger charge is -2.11. The van der Waals surface area contributed by atoms with E-state index in [0.29, 0.717) is 0 Å². The maximum atomic E-state index is 13.1. The molecule has 0 aliphatic carbocycles. The molecular formula is C8H10BFO4. The van der Waals surface area contributed by atoms with Gasteiger partial charge in [-0.05, 0) is 19.1 Å². The quantitative estimate of drug-likeness (QED) is 0.697. The molecule has 0 radical (unpaired) electrons. The van der Waals surface area contributed by atoms with Crippen LogP contribution in [0.5, 0.6) is 11.5 Å². The van der Waals surface area contributed by atoms with E-state index in [0.717, 1.165) is 0 Å². The van der Waals surface area contributed by atoms with E-state index in [1.807, 2.05) is 0 Å². The van der Waals surface area contributed by atoms with Crippen LogP contribution in [0.2, 0.25) is 0 Å². The van der Waals surface area contributed by atoms with E-state index in [-0.39, 0.29) is 18.1 Å². The Bertz CT molecular complexity index is 305. The standard InChI is InChI=1S/C8H10BFO4/c1-2-13-8-6(10)4-3-5-7(8)14-9(11)12/h3-5,11-12H,2H2,1H3. The zero-order valence-corrected chi connectivity index (χ0v) is 7.61. The average Bonchev–Trinajstić information content (AvgIpc) is 2.10. The number of ether oxygens (including phenoxy) is 1. The molecule has 76 valence electrons. The maximum absolute atomic E-state index is 13.1. The van der Waals surface area contributed by atoms with E-state index in [2.05, 4.69) is 4.65 Å². The molecule has 1 aromatic carbocycles. The van der Waals surface area contributed by atoms with Crippen LogP contribution >= 0.6 is 0 Å². The normalized spacial score (nSPS) is 9.71. The number of para-hydroxylation sites is 1. The third-order valence-electron chi connectivity index (χ3n) is 1.45. The highest BCUT2D eigenvalue weighted by molar-refractivity contribution is 6.33. The maximum Gasteiger partial charge on any atom is 0.707 e. The minimum atomic E-state index is -1.99. The molecular weight excluding hydrogens is 190 g/mol. The van der Waals surface area contributed by atoms with Crippen LogP contribution in [0.25, 0.3) is 0 Å². The van der Waals surface area contributed by atoms with Crippen molar-refractivity contribution in [2.24, 2.45) is 0 Å². The number of rotatable bonds is 4. The third-order valence-corrected chi connectivity index (χ3v) is 1.45. The molecule has 0 amide bonds. The van der Waals surface area contributed by atoms with Gasteiger partial charge >= 0.3 is 7.32 Å². The second-order valence-electron chi connectivity index (χ2n) is 2.44. The SMILES string of the molecule is CCOc1c(F)cccc1OB(O)O. The van der Waals surface area contributed by atoms with Crippen molar-refractivity contribution in [3.63, 3.8) is 0 Å². The summed E-state index contributed by atoms with van der Waals surface area (Å²) in [6, 6.07) is 3.96. The first kappa shape index (κ1) is 10.8. The van der Waals surface area contributed by atoms with Gasteiger partial charge in [0, 0.05) is 0 Å². The molecule has 0 aliphatic heterocycles. The molecule has 0 heterocycles. The summed E-state index contributed by atoms with van der Waals surface area (Å²) in [6.07, 6.45) is 0. The second-order valence-corrected chi connectivity index (χ2v) is 2.44. The van der Waals surface area contributed by atoms with E-state index in [1.165, 1.54) is 18.2 Å². The third kappa shape index (κ3) is 2.61. The molecule has 0 spiro atoms. The molecule has 0 fully saturated rings. The summed E-state index contributed by atoms with van der Waals surface area (Å²) in [4.78, 5) is 0. The second kappa shape index (κ2) is 4.83. The summed E-state index contributed by atoms with van der Waals surface area (Å²) in [5, 5.41) is 17.1. The van der Waals surface area contributed by atoms with Crippen LogP contribution < -0.4 is 9.39 Å². The lowest BCUT2D eigenvalue weighted by atomic mass is 10.2. The molecule has 0 aromatic heterocycles. The fraction of sp³-hybridized carbons (Fsp3) is 0.250. The van der Waals surface area contributed by atoms with Gasteiger partial charge in [-0.15, -0.1) is 0 Å². The number of hydrogen-bond acceptors (Lipinski definition) is 4. The average molecular weight is 200 g/mol. The molecule has 0 saturated heterocycles. The Kier molecular flexibility index (Phi) is 3.73. The van der Waals surface area contributed by atoms with Crippen molar-refractivity contribution >= 4 is 7.32 Å². The van der Waals surface area contributed by atoms with E-state index in [1.54, 1.807) is 6.92 Å². The summed E-state index contributed by atoms with van der Waals surface area (Å²) in [5.41, 5.74) is 0. The van der Waals surface area contributed by atoms with Crippen LogP contribution in [0.3, 0.4) is 0 Å².